The van der Waals surface area contributed by atoms with Gasteiger partial charge in [0.1, 0.15) is 17.9 Å². The van der Waals surface area contributed by atoms with Crippen molar-refractivity contribution in [3.05, 3.63) is 32.6 Å². The number of likely N-dealkylation sites (tertiary alicyclic amines) is 1. The molecule has 1 amide bonds. The van der Waals surface area contributed by atoms with Crippen LogP contribution in [0.25, 0.3) is 15.7 Å². The minimum Gasteiger partial charge on any atom is -0.392 e. The normalized spacial score (nSPS) is 18.8. The third kappa shape index (κ3) is 4.64. The van der Waals surface area contributed by atoms with Crippen LogP contribution in [-0.2, 0) is 11.3 Å². The van der Waals surface area contributed by atoms with Gasteiger partial charge < -0.3 is 10.4 Å². The topological polar surface area (TPSA) is 91.9 Å². The van der Waals surface area contributed by atoms with E-state index in [1.165, 1.54) is 16.0 Å². The third-order valence-corrected chi connectivity index (χ3v) is 6.77. The third-order valence-electron chi connectivity index (χ3n) is 5.57. The average molecular weight is 466 g/mol. The number of nitrogens with one attached hydrogen (secondary N) is 1. The molecular formula is C21H28ClN5O3S. The molecule has 31 heavy (non-hydrogen) atoms. The van der Waals surface area contributed by atoms with Crippen LogP contribution in [0.5, 0.6) is 0 Å². The second-order valence-corrected chi connectivity index (χ2v) is 10.4. The zero-order valence-corrected chi connectivity index (χ0v) is 19.5. The molecule has 0 spiro atoms. The van der Waals surface area contributed by atoms with E-state index in [4.69, 9.17) is 11.6 Å². The van der Waals surface area contributed by atoms with Crippen molar-refractivity contribution in [1.82, 2.24) is 24.4 Å². The minimum absolute atomic E-state index is 0.00443. The summed E-state index contributed by atoms with van der Waals surface area (Å²) in [5.41, 5.74) is 1.08. The molecule has 168 valence electrons. The van der Waals surface area contributed by atoms with Crippen molar-refractivity contribution in [3.63, 3.8) is 0 Å². The smallest absolute Gasteiger partial charge is 0.291 e. The fourth-order valence-corrected chi connectivity index (χ4v) is 5.47. The number of halogens is 1. The number of hydrogen-bond acceptors (Lipinski definition) is 6. The maximum atomic E-state index is 13.1. The van der Waals surface area contributed by atoms with E-state index >= 15 is 0 Å². The molecule has 4 heterocycles. The first-order valence-corrected chi connectivity index (χ1v) is 11.8. The Morgan fingerprint density at radius 2 is 2.13 bits per heavy atom. The summed E-state index contributed by atoms with van der Waals surface area (Å²) >= 11 is 7.58. The van der Waals surface area contributed by atoms with Crippen LogP contribution in [0.4, 0.5) is 0 Å². The Morgan fingerprint density at radius 1 is 1.35 bits per heavy atom. The van der Waals surface area contributed by atoms with Crippen molar-refractivity contribution in [1.29, 1.82) is 0 Å². The summed E-state index contributed by atoms with van der Waals surface area (Å²) < 4.78 is 4.71. The Kier molecular flexibility index (Phi) is 6.39. The zero-order valence-electron chi connectivity index (χ0n) is 18.0. The Labute approximate surface area is 189 Å². The zero-order chi connectivity index (χ0) is 22.3. The van der Waals surface area contributed by atoms with Crippen LogP contribution >= 0.6 is 22.9 Å². The molecule has 0 saturated carbocycles. The molecule has 0 aromatic carbocycles. The summed E-state index contributed by atoms with van der Waals surface area (Å²) in [5, 5.41) is 17.2. The highest BCUT2D eigenvalue weighted by molar-refractivity contribution is 7.22. The molecule has 3 aromatic rings. The van der Waals surface area contributed by atoms with Gasteiger partial charge in [0.05, 0.1) is 20.7 Å². The summed E-state index contributed by atoms with van der Waals surface area (Å²) in [4.78, 5) is 28.0. The molecule has 1 aliphatic heterocycles. The number of nitrogens with zero attached hydrogens (tertiary/aromatic N) is 4. The fourth-order valence-electron chi connectivity index (χ4n) is 4.32. The molecule has 1 aliphatic rings. The monoisotopic (exact) mass is 465 g/mol. The highest BCUT2D eigenvalue weighted by Crippen LogP contribution is 2.32. The standard InChI is InChI=1S/C21H28ClN5O3S/c1-12(2)20-24-26(21(30)16-7-17-15(27(16)20)8-18(22)31-17)11-19(29)23-14-5-4-6-25(10-14)9-13(3)28/h7-8,12-14,28H,4-6,9-11H2,1-3H3,(H,23,29)/t13-,14+/m0/s1. The predicted molar refractivity (Wildman–Crippen MR) is 123 cm³/mol. The van der Waals surface area contributed by atoms with Gasteiger partial charge >= 0.3 is 0 Å². The van der Waals surface area contributed by atoms with Crippen molar-refractivity contribution in [2.24, 2.45) is 0 Å². The molecule has 10 heteroatoms. The lowest BCUT2D eigenvalue weighted by Gasteiger charge is -2.33. The van der Waals surface area contributed by atoms with Crippen molar-refractivity contribution >= 4 is 44.6 Å². The highest BCUT2D eigenvalue weighted by atomic mass is 35.5. The van der Waals surface area contributed by atoms with Gasteiger partial charge in [0.2, 0.25) is 5.91 Å². The quantitative estimate of drug-likeness (QED) is 0.583. The van der Waals surface area contributed by atoms with Crippen LogP contribution in [0.3, 0.4) is 0 Å². The van der Waals surface area contributed by atoms with Crippen molar-refractivity contribution < 1.29 is 9.90 Å². The van der Waals surface area contributed by atoms with Crippen molar-refractivity contribution in [2.75, 3.05) is 19.6 Å². The first kappa shape index (κ1) is 22.3. The lowest BCUT2D eigenvalue weighted by molar-refractivity contribution is -0.123. The van der Waals surface area contributed by atoms with E-state index in [0.29, 0.717) is 28.8 Å². The van der Waals surface area contributed by atoms with Crippen LogP contribution in [-0.4, -0.2) is 61.9 Å². The Morgan fingerprint density at radius 3 is 2.84 bits per heavy atom. The molecular weight excluding hydrogens is 438 g/mol. The SMILES string of the molecule is CC(C)c1nn(CC(=O)N[C@@H]2CCCN(C[C@H](C)O)C2)c(=O)c2cc3sc(Cl)cc3n12. The van der Waals surface area contributed by atoms with Crippen LogP contribution in [0, 0.1) is 0 Å². The number of β-amino-alcohol motifs (C(OH)–C–C–N with tert-alkyl or cyclic N) is 1. The van der Waals surface area contributed by atoms with Gasteiger partial charge in [-0.2, -0.15) is 5.10 Å². The Hall–Kier alpha value is -1.94. The second kappa shape index (κ2) is 8.90. The van der Waals surface area contributed by atoms with Gasteiger partial charge in [-0.25, -0.2) is 4.68 Å². The lowest BCUT2D eigenvalue weighted by atomic mass is 10.1. The molecule has 3 aromatic heterocycles. The van der Waals surface area contributed by atoms with Gasteiger partial charge in [-0.05, 0) is 38.4 Å². The minimum atomic E-state index is -0.398. The Bertz CT molecular complexity index is 1170. The van der Waals surface area contributed by atoms with Crippen LogP contribution in [0.2, 0.25) is 4.34 Å². The molecule has 1 fully saturated rings. The van der Waals surface area contributed by atoms with E-state index in [1.54, 1.807) is 6.92 Å². The van der Waals surface area contributed by atoms with Gasteiger partial charge in [0, 0.05) is 25.0 Å². The molecule has 8 nitrogen and oxygen atoms in total. The highest BCUT2D eigenvalue weighted by Gasteiger charge is 2.23. The number of carbonyl (C=O) groups is 1. The van der Waals surface area contributed by atoms with Crippen LogP contribution in [0.15, 0.2) is 16.9 Å². The number of thiophene rings is 1. The van der Waals surface area contributed by atoms with E-state index in [9.17, 15) is 14.7 Å². The van der Waals surface area contributed by atoms with E-state index in [2.05, 4.69) is 15.3 Å². The molecule has 0 unspecified atom stereocenters. The van der Waals surface area contributed by atoms with Crippen molar-refractivity contribution in [3.8, 4) is 0 Å². The van der Waals surface area contributed by atoms with E-state index < -0.39 is 6.10 Å². The number of aliphatic hydroxyl groups excluding tert-OH is 1. The first-order valence-electron chi connectivity index (χ1n) is 10.6. The molecule has 2 atom stereocenters. The van der Waals surface area contributed by atoms with E-state index in [0.717, 1.165) is 29.6 Å². The Balaban J connectivity index is 1.57. The van der Waals surface area contributed by atoms with Gasteiger partial charge in [-0.15, -0.1) is 11.3 Å². The van der Waals surface area contributed by atoms with Crippen molar-refractivity contribution in [2.45, 2.75) is 58.2 Å². The fraction of sp³-hybridized carbons (Fsp3) is 0.571. The lowest BCUT2D eigenvalue weighted by Crippen LogP contribution is -2.50. The number of carbonyl (C=O) groups excluding carboxylic acids is 1. The second-order valence-electron chi connectivity index (χ2n) is 8.66. The molecule has 0 bridgehead atoms. The molecule has 2 N–H and O–H groups in total. The van der Waals surface area contributed by atoms with Gasteiger partial charge in [0.15, 0.2) is 0 Å². The van der Waals surface area contributed by atoms with E-state index in [1.807, 2.05) is 30.4 Å². The van der Waals surface area contributed by atoms with Crippen LogP contribution in [0.1, 0.15) is 45.4 Å². The van der Waals surface area contributed by atoms with Gasteiger partial charge in [-0.1, -0.05) is 25.4 Å². The number of hydrogen-bond donors (Lipinski definition) is 2. The van der Waals surface area contributed by atoms with Gasteiger partial charge in [0.25, 0.3) is 5.56 Å². The largest absolute Gasteiger partial charge is 0.392 e. The van der Waals surface area contributed by atoms with Crippen LogP contribution < -0.4 is 10.9 Å². The predicted octanol–water partition coefficient (Wildman–Crippen LogP) is 2.45. The molecule has 0 radical (unpaired) electrons. The number of aliphatic hydroxyl groups is 1. The number of piperidine rings is 1. The summed E-state index contributed by atoms with van der Waals surface area (Å²) in [6.45, 7) is 7.87. The summed E-state index contributed by atoms with van der Waals surface area (Å²) in [6.07, 6.45) is 1.45. The van der Waals surface area contributed by atoms with E-state index in [-0.39, 0.29) is 30.0 Å². The summed E-state index contributed by atoms with van der Waals surface area (Å²) in [5.74, 6) is 0.542. The van der Waals surface area contributed by atoms with Gasteiger partial charge in [-0.3, -0.25) is 18.9 Å². The average Bonchev–Trinajstić information content (AvgIpc) is 3.20. The number of rotatable bonds is 6. The summed E-state index contributed by atoms with van der Waals surface area (Å²) in [7, 11) is 0. The molecule has 4 rings (SSSR count). The molecule has 1 saturated heterocycles. The number of amides is 1. The first-order chi connectivity index (χ1) is 14.7. The maximum absolute atomic E-state index is 13.1. The summed E-state index contributed by atoms with van der Waals surface area (Å²) in [6, 6.07) is 3.68. The maximum Gasteiger partial charge on any atom is 0.291 e. The molecule has 0 aliphatic carbocycles. The number of fused-ring (bicyclic) bond motifs is 3. The number of aromatic nitrogens is 3.